The Morgan fingerprint density at radius 1 is 1.50 bits per heavy atom. The Bertz CT molecular complexity index is 252. The van der Waals surface area contributed by atoms with Crippen LogP contribution >= 0.6 is 12.2 Å². The molecule has 1 aliphatic rings. The van der Waals surface area contributed by atoms with E-state index in [2.05, 4.69) is 0 Å². The van der Waals surface area contributed by atoms with E-state index >= 15 is 0 Å². The fourth-order valence-electron chi connectivity index (χ4n) is 2.14. The molecule has 1 saturated carbocycles. The molecule has 1 fully saturated rings. The number of carbonyl (C=O) groups is 1. The van der Waals surface area contributed by atoms with Gasteiger partial charge in [-0.2, -0.15) is 0 Å². The highest BCUT2D eigenvalue weighted by molar-refractivity contribution is 7.80. The lowest BCUT2D eigenvalue weighted by atomic mass is 10.2. The Morgan fingerprint density at radius 3 is 2.62 bits per heavy atom. The fourth-order valence-corrected chi connectivity index (χ4v) is 2.28. The van der Waals surface area contributed by atoms with Crippen LogP contribution in [0.2, 0.25) is 0 Å². The number of thiocarbonyl (C=S) groups is 1. The number of carbonyl (C=O) groups excluding carboxylic acids is 1. The SMILES string of the molecule is COCCC(=O)N(CC(N)=S)C1CCCC1. The molecule has 1 amide bonds. The van der Waals surface area contributed by atoms with Crippen molar-refractivity contribution in [3.05, 3.63) is 0 Å². The van der Waals surface area contributed by atoms with Crippen LogP contribution in [0.15, 0.2) is 0 Å². The molecule has 2 N–H and O–H groups in total. The molecule has 0 atom stereocenters. The van der Waals surface area contributed by atoms with Gasteiger partial charge in [0.15, 0.2) is 0 Å². The number of hydrogen-bond acceptors (Lipinski definition) is 3. The van der Waals surface area contributed by atoms with Crippen LogP contribution in [-0.2, 0) is 9.53 Å². The van der Waals surface area contributed by atoms with E-state index in [4.69, 9.17) is 22.7 Å². The first kappa shape index (κ1) is 13.4. The second-order valence-corrected chi connectivity index (χ2v) is 4.69. The lowest BCUT2D eigenvalue weighted by Crippen LogP contribution is -2.43. The maximum absolute atomic E-state index is 12.0. The van der Waals surface area contributed by atoms with Crippen molar-refractivity contribution in [2.45, 2.75) is 38.1 Å². The Balaban J connectivity index is 2.54. The van der Waals surface area contributed by atoms with E-state index in [-0.39, 0.29) is 5.91 Å². The Hall–Kier alpha value is -0.680. The Kier molecular flexibility index (Phi) is 5.69. The summed E-state index contributed by atoms with van der Waals surface area (Å²) in [4.78, 5) is 14.2. The largest absolute Gasteiger partial charge is 0.392 e. The van der Waals surface area contributed by atoms with Gasteiger partial charge >= 0.3 is 0 Å². The smallest absolute Gasteiger partial charge is 0.225 e. The summed E-state index contributed by atoms with van der Waals surface area (Å²) in [5.41, 5.74) is 5.53. The monoisotopic (exact) mass is 244 g/mol. The van der Waals surface area contributed by atoms with E-state index in [1.54, 1.807) is 7.11 Å². The maximum atomic E-state index is 12.0. The third-order valence-corrected chi connectivity index (χ3v) is 3.06. The Morgan fingerprint density at radius 2 is 2.12 bits per heavy atom. The third-order valence-electron chi connectivity index (χ3n) is 2.93. The van der Waals surface area contributed by atoms with Gasteiger partial charge in [-0.25, -0.2) is 0 Å². The molecule has 0 aromatic heterocycles. The number of rotatable bonds is 6. The second-order valence-electron chi connectivity index (χ2n) is 4.17. The van der Waals surface area contributed by atoms with Crippen LogP contribution in [0.5, 0.6) is 0 Å². The zero-order valence-electron chi connectivity index (χ0n) is 9.78. The molecule has 0 heterocycles. The summed E-state index contributed by atoms with van der Waals surface area (Å²) < 4.78 is 4.92. The van der Waals surface area contributed by atoms with E-state index in [0.29, 0.717) is 30.6 Å². The molecule has 0 aromatic rings. The van der Waals surface area contributed by atoms with Crippen molar-refractivity contribution in [1.82, 2.24) is 4.90 Å². The lowest BCUT2D eigenvalue weighted by molar-refractivity contribution is -0.133. The van der Waals surface area contributed by atoms with Crippen molar-refractivity contribution in [1.29, 1.82) is 0 Å². The fraction of sp³-hybridized carbons (Fsp3) is 0.818. The van der Waals surface area contributed by atoms with Crippen molar-refractivity contribution in [2.24, 2.45) is 5.73 Å². The van der Waals surface area contributed by atoms with Crippen LogP contribution < -0.4 is 5.73 Å². The quantitative estimate of drug-likeness (QED) is 0.710. The molecule has 1 rings (SSSR count). The summed E-state index contributed by atoms with van der Waals surface area (Å²) in [5.74, 6) is 0.0987. The number of ether oxygens (including phenoxy) is 1. The van der Waals surface area contributed by atoms with E-state index < -0.39 is 0 Å². The van der Waals surface area contributed by atoms with Crippen LogP contribution in [0.25, 0.3) is 0 Å². The number of amides is 1. The maximum Gasteiger partial charge on any atom is 0.225 e. The molecule has 5 heteroatoms. The number of hydrogen-bond donors (Lipinski definition) is 1. The van der Waals surface area contributed by atoms with Gasteiger partial charge in [0.2, 0.25) is 5.91 Å². The molecule has 92 valence electrons. The summed E-state index contributed by atoms with van der Waals surface area (Å²) in [7, 11) is 1.60. The molecule has 0 bridgehead atoms. The summed E-state index contributed by atoms with van der Waals surface area (Å²) in [5, 5.41) is 0. The normalized spacial score (nSPS) is 16.3. The van der Waals surface area contributed by atoms with Crippen molar-refractivity contribution < 1.29 is 9.53 Å². The molecule has 4 nitrogen and oxygen atoms in total. The molecule has 0 saturated heterocycles. The molecule has 0 aromatic carbocycles. The van der Waals surface area contributed by atoms with E-state index in [1.807, 2.05) is 4.90 Å². The molecule has 16 heavy (non-hydrogen) atoms. The molecule has 1 aliphatic carbocycles. The van der Waals surface area contributed by atoms with Gasteiger partial charge in [-0.15, -0.1) is 0 Å². The summed E-state index contributed by atoms with van der Waals surface area (Å²) in [6.07, 6.45) is 4.93. The van der Waals surface area contributed by atoms with E-state index in [1.165, 1.54) is 12.8 Å². The van der Waals surface area contributed by atoms with Gasteiger partial charge < -0.3 is 15.4 Å². The average molecular weight is 244 g/mol. The highest BCUT2D eigenvalue weighted by Crippen LogP contribution is 2.23. The number of nitrogens with two attached hydrogens (primary N) is 1. The lowest BCUT2D eigenvalue weighted by Gasteiger charge is -2.28. The topological polar surface area (TPSA) is 55.6 Å². The molecule has 0 aliphatic heterocycles. The minimum atomic E-state index is 0.0987. The van der Waals surface area contributed by atoms with Crippen molar-refractivity contribution in [3.8, 4) is 0 Å². The summed E-state index contributed by atoms with van der Waals surface area (Å²) >= 11 is 4.89. The highest BCUT2D eigenvalue weighted by atomic mass is 32.1. The number of methoxy groups -OCH3 is 1. The molecule has 0 unspecified atom stereocenters. The van der Waals surface area contributed by atoms with Gasteiger partial charge in [0.05, 0.1) is 24.6 Å². The van der Waals surface area contributed by atoms with Crippen LogP contribution in [0.3, 0.4) is 0 Å². The van der Waals surface area contributed by atoms with Crippen LogP contribution in [0.4, 0.5) is 0 Å². The Labute approximate surface area is 102 Å². The van der Waals surface area contributed by atoms with Crippen LogP contribution in [0.1, 0.15) is 32.1 Å². The molecular weight excluding hydrogens is 224 g/mol. The zero-order valence-corrected chi connectivity index (χ0v) is 10.6. The highest BCUT2D eigenvalue weighted by Gasteiger charge is 2.26. The van der Waals surface area contributed by atoms with Crippen molar-refractivity contribution in [2.75, 3.05) is 20.3 Å². The van der Waals surface area contributed by atoms with Gasteiger partial charge in [-0.05, 0) is 12.8 Å². The minimum absolute atomic E-state index is 0.0987. The van der Waals surface area contributed by atoms with Crippen molar-refractivity contribution >= 4 is 23.1 Å². The predicted molar refractivity (Wildman–Crippen MR) is 67.2 cm³/mol. The third kappa shape index (κ3) is 4.06. The predicted octanol–water partition coefficient (Wildman–Crippen LogP) is 1.08. The van der Waals surface area contributed by atoms with Crippen LogP contribution in [0, 0.1) is 0 Å². The van der Waals surface area contributed by atoms with E-state index in [9.17, 15) is 4.79 Å². The first-order valence-corrected chi connectivity index (χ1v) is 6.12. The second kappa shape index (κ2) is 6.81. The van der Waals surface area contributed by atoms with E-state index in [0.717, 1.165) is 12.8 Å². The average Bonchev–Trinajstić information content (AvgIpc) is 2.75. The van der Waals surface area contributed by atoms with Gasteiger partial charge in [-0.1, -0.05) is 25.1 Å². The summed E-state index contributed by atoms with van der Waals surface area (Å²) in [6.45, 7) is 0.863. The van der Waals surface area contributed by atoms with Crippen LogP contribution in [-0.4, -0.2) is 42.1 Å². The van der Waals surface area contributed by atoms with Gasteiger partial charge in [0.1, 0.15) is 0 Å². The molecular formula is C11H20N2O2S. The number of nitrogens with zero attached hydrogens (tertiary/aromatic N) is 1. The standard InChI is InChI=1S/C11H20N2O2S/c1-15-7-6-11(14)13(8-10(12)16)9-4-2-3-5-9/h9H,2-8H2,1H3,(H2,12,16). The minimum Gasteiger partial charge on any atom is -0.392 e. The zero-order chi connectivity index (χ0) is 12.0. The van der Waals surface area contributed by atoms with Crippen molar-refractivity contribution in [3.63, 3.8) is 0 Å². The molecule has 0 radical (unpaired) electrons. The summed E-state index contributed by atoms with van der Waals surface area (Å²) in [6, 6.07) is 0.325. The van der Waals surface area contributed by atoms with Gasteiger partial charge in [-0.3, -0.25) is 4.79 Å². The first-order valence-electron chi connectivity index (χ1n) is 5.72. The van der Waals surface area contributed by atoms with Gasteiger partial charge in [0, 0.05) is 13.2 Å². The van der Waals surface area contributed by atoms with Gasteiger partial charge in [0.25, 0.3) is 0 Å². The molecule has 0 spiro atoms. The first-order chi connectivity index (χ1) is 7.65.